The average Bonchev–Trinajstić information content (AvgIpc) is 2.67. The molecule has 0 fully saturated rings. The van der Waals surface area contributed by atoms with Crippen molar-refractivity contribution in [1.29, 1.82) is 0 Å². The van der Waals surface area contributed by atoms with Crippen molar-refractivity contribution in [1.82, 2.24) is 4.90 Å². The molecular formula is C21H25FN2O3. The maximum Gasteiger partial charge on any atom is 0.226 e. The summed E-state index contributed by atoms with van der Waals surface area (Å²) >= 11 is 0. The first kappa shape index (κ1) is 19.0. The number of halogens is 1. The first-order chi connectivity index (χ1) is 13.0. The largest absolute Gasteiger partial charge is 0.494 e. The van der Waals surface area contributed by atoms with Crippen LogP contribution >= 0.6 is 0 Å². The molecule has 0 aliphatic carbocycles. The Labute approximate surface area is 159 Å². The summed E-state index contributed by atoms with van der Waals surface area (Å²) in [5.41, 5.74) is 1.70. The topological polar surface area (TPSA) is 42.0 Å². The number of fused-ring (bicyclic) bond motifs is 1. The molecule has 0 spiro atoms. The van der Waals surface area contributed by atoms with Gasteiger partial charge in [0.25, 0.3) is 0 Å². The van der Waals surface area contributed by atoms with E-state index in [0.717, 1.165) is 24.5 Å². The van der Waals surface area contributed by atoms with E-state index in [1.54, 1.807) is 18.0 Å². The number of benzene rings is 2. The van der Waals surface area contributed by atoms with Gasteiger partial charge in [0.1, 0.15) is 11.9 Å². The molecular weight excluding hydrogens is 347 g/mol. The van der Waals surface area contributed by atoms with Crippen LogP contribution in [0, 0.1) is 5.82 Å². The van der Waals surface area contributed by atoms with Crippen LogP contribution in [0.5, 0.6) is 11.5 Å². The van der Waals surface area contributed by atoms with E-state index < -0.39 is 5.82 Å². The summed E-state index contributed by atoms with van der Waals surface area (Å²) in [7, 11) is 3.17. The van der Waals surface area contributed by atoms with Crippen LogP contribution in [0.15, 0.2) is 42.5 Å². The summed E-state index contributed by atoms with van der Waals surface area (Å²) in [5.74, 6) is 0.475. The highest BCUT2D eigenvalue weighted by Crippen LogP contribution is 2.32. The summed E-state index contributed by atoms with van der Waals surface area (Å²) < 4.78 is 24.8. The molecule has 3 rings (SSSR count). The van der Waals surface area contributed by atoms with Gasteiger partial charge in [0.05, 0.1) is 32.3 Å². The number of hydrogen-bond acceptors (Lipinski definition) is 4. The van der Waals surface area contributed by atoms with Crippen LogP contribution in [-0.2, 0) is 11.2 Å². The molecule has 5 nitrogen and oxygen atoms in total. The van der Waals surface area contributed by atoms with Crippen molar-refractivity contribution in [2.45, 2.75) is 19.4 Å². The second kappa shape index (κ2) is 8.29. The third-order valence-corrected chi connectivity index (χ3v) is 4.78. The summed E-state index contributed by atoms with van der Waals surface area (Å²) in [6.07, 6.45) is 0.0273. The number of para-hydroxylation sites is 2. The van der Waals surface area contributed by atoms with Crippen LogP contribution in [0.1, 0.15) is 12.5 Å². The molecule has 27 heavy (non-hydrogen) atoms. The van der Waals surface area contributed by atoms with Crippen LogP contribution in [-0.4, -0.2) is 50.7 Å². The van der Waals surface area contributed by atoms with E-state index in [-0.39, 0.29) is 24.2 Å². The number of rotatable bonds is 6. The zero-order valence-corrected chi connectivity index (χ0v) is 15.9. The molecule has 0 saturated carbocycles. The molecule has 2 aromatic rings. The molecule has 0 saturated heterocycles. The lowest BCUT2D eigenvalue weighted by Gasteiger charge is -2.37. The quantitative estimate of drug-likeness (QED) is 0.781. The van der Waals surface area contributed by atoms with Crippen LogP contribution < -0.4 is 14.4 Å². The Kier molecular flexibility index (Phi) is 5.84. The lowest BCUT2D eigenvalue weighted by atomic mass is 10.1. The van der Waals surface area contributed by atoms with Crippen molar-refractivity contribution in [2.75, 3.05) is 38.7 Å². The van der Waals surface area contributed by atoms with Crippen LogP contribution in [0.25, 0.3) is 0 Å². The van der Waals surface area contributed by atoms with Crippen molar-refractivity contribution in [2.24, 2.45) is 0 Å². The molecule has 1 aliphatic heterocycles. The van der Waals surface area contributed by atoms with Crippen molar-refractivity contribution in [3.05, 3.63) is 53.8 Å². The zero-order chi connectivity index (χ0) is 19.4. The number of methoxy groups -OCH3 is 1. The Morgan fingerprint density at radius 2 is 2.11 bits per heavy atom. The van der Waals surface area contributed by atoms with Gasteiger partial charge in [0, 0.05) is 13.6 Å². The maximum atomic E-state index is 13.8. The molecule has 0 bridgehead atoms. The fourth-order valence-electron chi connectivity index (χ4n) is 3.31. The van der Waals surface area contributed by atoms with Crippen LogP contribution in [0.3, 0.4) is 0 Å². The Morgan fingerprint density at radius 3 is 2.81 bits per heavy atom. The highest BCUT2D eigenvalue weighted by atomic mass is 19.1. The molecule has 1 heterocycles. The summed E-state index contributed by atoms with van der Waals surface area (Å²) in [6.45, 7) is 4.18. The molecule has 6 heteroatoms. The van der Waals surface area contributed by atoms with Crippen molar-refractivity contribution >= 4 is 11.6 Å². The summed E-state index contributed by atoms with van der Waals surface area (Å²) in [6, 6.07) is 12.5. The van der Waals surface area contributed by atoms with Crippen molar-refractivity contribution < 1.29 is 18.7 Å². The molecule has 2 aromatic carbocycles. The molecule has 0 N–H and O–H groups in total. The Morgan fingerprint density at radius 1 is 1.33 bits per heavy atom. The fourth-order valence-corrected chi connectivity index (χ4v) is 3.31. The standard InChI is InChI=1S/C21H25FN2O3/c1-4-24-14-16(27-20-8-6-5-7-18(20)24)13-23(2)21(25)12-15-9-10-19(26-3)17(22)11-15/h5-11,16H,4,12-14H2,1-3H3/t16-/m1/s1. The third-order valence-electron chi connectivity index (χ3n) is 4.78. The maximum absolute atomic E-state index is 13.8. The molecule has 0 radical (unpaired) electrons. The lowest BCUT2D eigenvalue weighted by molar-refractivity contribution is -0.130. The van der Waals surface area contributed by atoms with Crippen molar-refractivity contribution in [3.8, 4) is 11.5 Å². The minimum Gasteiger partial charge on any atom is -0.494 e. The van der Waals surface area contributed by atoms with Gasteiger partial charge in [-0.05, 0) is 36.8 Å². The predicted octanol–water partition coefficient (Wildman–Crippen LogP) is 3.12. The van der Waals surface area contributed by atoms with E-state index in [1.807, 2.05) is 24.3 Å². The summed E-state index contributed by atoms with van der Waals surface area (Å²) in [5, 5.41) is 0. The van der Waals surface area contributed by atoms with Gasteiger partial charge in [-0.15, -0.1) is 0 Å². The predicted molar refractivity (Wildman–Crippen MR) is 103 cm³/mol. The third kappa shape index (κ3) is 4.32. The van der Waals surface area contributed by atoms with E-state index in [4.69, 9.17) is 9.47 Å². The number of ether oxygens (including phenoxy) is 2. The number of nitrogens with zero attached hydrogens (tertiary/aromatic N) is 2. The second-order valence-corrected chi connectivity index (χ2v) is 6.67. The Balaban J connectivity index is 1.62. The molecule has 0 aromatic heterocycles. The number of likely N-dealkylation sites (N-methyl/N-ethyl adjacent to an activating group) is 2. The monoisotopic (exact) mass is 372 g/mol. The first-order valence-corrected chi connectivity index (χ1v) is 9.08. The van der Waals surface area contributed by atoms with Gasteiger partial charge in [0.15, 0.2) is 11.6 Å². The minimum atomic E-state index is -0.462. The Bertz CT molecular complexity index is 812. The number of carbonyl (C=O) groups is 1. The molecule has 1 atom stereocenters. The van der Waals surface area contributed by atoms with Crippen LogP contribution in [0.2, 0.25) is 0 Å². The highest BCUT2D eigenvalue weighted by molar-refractivity contribution is 5.78. The Hall–Kier alpha value is -2.76. The van der Waals surface area contributed by atoms with E-state index in [1.165, 1.54) is 19.2 Å². The minimum absolute atomic E-state index is 0.0786. The molecule has 1 amide bonds. The van der Waals surface area contributed by atoms with Crippen molar-refractivity contribution in [3.63, 3.8) is 0 Å². The fraction of sp³-hybridized carbons (Fsp3) is 0.381. The zero-order valence-electron chi connectivity index (χ0n) is 15.9. The smallest absolute Gasteiger partial charge is 0.226 e. The van der Waals surface area contributed by atoms with Gasteiger partial charge in [-0.3, -0.25) is 4.79 Å². The molecule has 144 valence electrons. The van der Waals surface area contributed by atoms with Crippen LogP contribution in [0.4, 0.5) is 10.1 Å². The van der Waals surface area contributed by atoms with Gasteiger partial charge in [0.2, 0.25) is 5.91 Å². The lowest BCUT2D eigenvalue weighted by Crippen LogP contribution is -2.47. The van der Waals surface area contributed by atoms with Gasteiger partial charge in [-0.25, -0.2) is 4.39 Å². The highest BCUT2D eigenvalue weighted by Gasteiger charge is 2.26. The van der Waals surface area contributed by atoms with E-state index in [0.29, 0.717) is 12.1 Å². The number of hydrogen-bond donors (Lipinski definition) is 0. The van der Waals surface area contributed by atoms with E-state index in [9.17, 15) is 9.18 Å². The number of amides is 1. The van der Waals surface area contributed by atoms with Gasteiger partial charge in [-0.2, -0.15) is 0 Å². The SMILES string of the molecule is CCN1C[C@@H](CN(C)C(=O)Cc2ccc(OC)c(F)c2)Oc2ccccc21. The first-order valence-electron chi connectivity index (χ1n) is 9.08. The summed E-state index contributed by atoms with van der Waals surface area (Å²) in [4.78, 5) is 16.4. The van der Waals surface area contributed by atoms with Gasteiger partial charge >= 0.3 is 0 Å². The van der Waals surface area contributed by atoms with E-state index >= 15 is 0 Å². The number of carbonyl (C=O) groups excluding carboxylic acids is 1. The van der Waals surface area contributed by atoms with Gasteiger partial charge < -0.3 is 19.3 Å². The van der Waals surface area contributed by atoms with Gasteiger partial charge in [-0.1, -0.05) is 18.2 Å². The van der Waals surface area contributed by atoms with E-state index in [2.05, 4.69) is 11.8 Å². The normalized spacial score (nSPS) is 15.7. The average molecular weight is 372 g/mol. The molecule has 1 aliphatic rings. The second-order valence-electron chi connectivity index (χ2n) is 6.67. The molecule has 0 unspecified atom stereocenters. The number of anilines is 1.